The van der Waals surface area contributed by atoms with Gasteiger partial charge >= 0.3 is 5.51 Å². The first kappa shape index (κ1) is 44.5. The Morgan fingerprint density at radius 3 is 2.55 bits per heavy atom. The lowest BCUT2D eigenvalue weighted by atomic mass is 9.81. The first-order valence-corrected chi connectivity index (χ1v) is 23.9. The molecule has 0 spiro atoms. The number of allylic oxidation sites excluding steroid dienone is 5. The number of benzene rings is 2. The third-order valence-corrected chi connectivity index (χ3v) is 14.7. The van der Waals surface area contributed by atoms with Crippen molar-refractivity contribution in [3.05, 3.63) is 101 Å². The number of piperidine rings is 1. The molecule has 0 bridgehead atoms. The molecule has 2 atom stereocenters. The van der Waals surface area contributed by atoms with E-state index < -0.39 is 15.5 Å². The van der Waals surface area contributed by atoms with Crippen molar-refractivity contribution in [2.75, 3.05) is 47.9 Å². The summed E-state index contributed by atoms with van der Waals surface area (Å²) in [6.07, 6.45) is 14.5. The van der Waals surface area contributed by atoms with E-state index >= 15 is 0 Å². The predicted molar refractivity (Wildman–Crippen MR) is 233 cm³/mol. The van der Waals surface area contributed by atoms with Crippen LogP contribution in [0.15, 0.2) is 104 Å². The molecule has 2 aliphatic heterocycles. The normalized spacial score (nSPS) is 19.7. The zero-order chi connectivity index (χ0) is 41.3. The number of halogens is 4. The van der Waals surface area contributed by atoms with Crippen molar-refractivity contribution in [1.82, 2.24) is 19.8 Å². The molecular formula is C43H54ClF3N6O2S3. The first-order valence-electron chi connectivity index (χ1n) is 20.1. The average molecular weight is 876 g/mol. The van der Waals surface area contributed by atoms with E-state index in [0.29, 0.717) is 43.0 Å². The molecule has 1 fully saturated rings. The highest BCUT2D eigenvalue weighted by Crippen LogP contribution is 2.42. The standard InChI is InChI=1S/C43H54ClF3N6O2S3/c1-4-31(10-9-20-44)37-15-13-30(3)24-32(37)26-52-21-17-34(18-22-52)53-23-19-38-40(27-53)48-29-49-42(38)51-58(54,55)36-14-16-39(41(25-36)57-43(45,46)47)50-33(5-2)28-56-35-11-7-6-8-12-35/h4,6-12,14,16,25,29-30,33-34,50H,5,13,15,17-24,26-28H2,1-3H3,(H,48,49,51)/b10-9-,31-4+/t30?,33-/m1/s1. The minimum atomic E-state index is -4.62. The van der Waals surface area contributed by atoms with E-state index in [9.17, 15) is 21.6 Å². The number of nitrogens with zero attached hydrogens (tertiary/aromatic N) is 4. The van der Waals surface area contributed by atoms with Gasteiger partial charge in [-0.3, -0.25) is 14.5 Å². The Kier molecular flexibility index (Phi) is 15.7. The third kappa shape index (κ3) is 12.1. The largest absolute Gasteiger partial charge is 0.446 e. The van der Waals surface area contributed by atoms with E-state index in [-0.39, 0.29) is 39.1 Å². The van der Waals surface area contributed by atoms with Gasteiger partial charge in [0.05, 0.1) is 10.6 Å². The molecule has 0 amide bonds. The first-order chi connectivity index (χ1) is 27.9. The van der Waals surface area contributed by atoms with Crippen molar-refractivity contribution in [3.8, 4) is 0 Å². The van der Waals surface area contributed by atoms with Crippen LogP contribution in [0.1, 0.15) is 70.6 Å². The fourth-order valence-electron chi connectivity index (χ4n) is 8.13. The molecule has 1 unspecified atom stereocenters. The SMILES string of the molecule is C/C=C(\C=C/CCl)C1=C(CN2CCC(N3CCc4c(ncnc4NS(=O)(=O)c4ccc(N[C@H](CC)CSc5ccccc5)c(SC(F)(F)F)c4)C3)CC2)CC(C)CC1. The summed E-state index contributed by atoms with van der Waals surface area (Å²) in [6.45, 7) is 10.7. The number of hydrogen-bond donors (Lipinski definition) is 2. The van der Waals surface area contributed by atoms with Crippen LogP contribution in [0.3, 0.4) is 0 Å². The number of sulfonamides is 1. The Labute approximate surface area is 355 Å². The van der Waals surface area contributed by atoms with Crippen molar-refractivity contribution in [2.45, 2.75) is 105 Å². The number of thioether (sulfide) groups is 2. The van der Waals surface area contributed by atoms with Gasteiger partial charge in [-0.15, -0.1) is 23.4 Å². The number of fused-ring (bicyclic) bond motifs is 1. The van der Waals surface area contributed by atoms with Crippen LogP contribution in [0.5, 0.6) is 0 Å². The minimum Gasteiger partial charge on any atom is -0.381 e. The third-order valence-electron chi connectivity index (χ3n) is 11.2. The lowest BCUT2D eigenvalue weighted by molar-refractivity contribution is -0.0328. The van der Waals surface area contributed by atoms with Gasteiger partial charge in [0.15, 0.2) is 0 Å². The van der Waals surface area contributed by atoms with E-state index in [1.807, 2.05) is 43.3 Å². The molecule has 0 radical (unpaired) electrons. The van der Waals surface area contributed by atoms with Gasteiger partial charge in [-0.2, -0.15) is 13.2 Å². The Morgan fingerprint density at radius 1 is 1.07 bits per heavy atom. The van der Waals surface area contributed by atoms with E-state index in [1.54, 1.807) is 17.3 Å². The molecule has 1 saturated heterocycles. The van der Waals surface area contributed by atoms with Gasteiger partial charge in [0.1, 0.15) is 12.1 Å². The molecule has 8 nitrogen and oxygen atoms in total. The smallest absolute Gasteiger partial charge is 0.381 e. The second-order valence-corrected chi connectivity index (χ2v) is 19.5. The number of rotatable bonds is 16. The summed E-state index contributed by atoms with van der Waals surface area (Å²) in [5, 5.41) is 3.23. The Bertz CT molecular complexity index is 2060. The Balaban J connectivity index is 1.10. The highest BCUT2D eigenvalue weighted by molar-refractivity contribution is 8.00. The number of likely N-dealkylation sites (tertiary alicyclic amines) is 1. The van der Waals surface area contributed by atoms with Crippen LogP contribution in [-0.4, -0.2) is 83.6 Å². The summed E-state index contributed by atoms with van der Waals surface area (Å²) >= 11 is 7.25. The summed E-state index contributed by atoms with van der Waals surface area (Å²) in [4.78, 5) is 14.5. The second-order valence-electron chi connectivity index (χ2n) is 15.3. The zero-order valence-corrected chi connectivity index (χ0v) is 36.6. The lowest BCUT2D eigenvalue weighted by Gasteiger charge is -2.41. The fourth-order valence-corrected chi connectivity index (χ4v) is 11.1. The molecule has 6 rings (SSSR count). The number of alkyl halides is 4. The molecule has 3 aliphatic rings. The monoisotopic (exact) mass is 874 g/mol. The molecule has 2 N–H and O–H groups in total. The van der Waals surface area contributed by atoms with Gasteiger partial charge in [-0.1, -0.05) is 55.8 Å². The maximum absolute atomic E-state index is 13.8. The van der Waals surface area contributed by atoms with Crippen LogP contribution in [0, 0.1) is 5.92 Å². The molecular weight excluding hydrogens is 821 g/mol. The average Bonchev–Trinajstić information content (AvgIpc) is 3.20. The molecule has 1 aromatic heterocycles. The Morgan fingerprint density at radius 2 is 1.84 bits per heavy atom. The minimum absolute atomic E-state index is 0.143. The van der Waals surface area contributed by atoms with Gasteiger partial charge in [0.2, 0.25) is 0 Å². The van der Waals surface area contributed by atoms with Gasteiger partial charge in [-0.05, 0) is 124 Å². The van der Waals surface area contributed by atoms with Crippen molar-refractivity contribution in [1.29, 1.82) is 0 Å². The van der Waals surface area contributed by atoms with Crippen molar-refractivity contribution in [2.24, 2.45) is 5.92 Å². The molecule has 314 valence electrons. The maximum Gasteiger partial charge on any atom is 0.446 e. The molecule has 15 heteroatoms. The molecule has 1 aliphatic carbocycles. The second kappa shape index (κ2) is 20.5. The van der Waals surface area contributed by atoms with Crippen LogP contribution in [0.4, 0.5) is 24.7 Å². The highest BCUT2D eigenvalue weighted by Gasteiger charge is 2.33. The summed E-state index contributed by atoms with van der Waals surface area (Å²) in [6, 6.07) is 13.9. The van der Waals surface area contributed by atoms with Gasteiger partial charge < -0.3 is 5.32 Å². The molecule has 3 aromatic rings. The molecule has 58 heavy (non-hydrogen) atoms. The van der Waals surface area contributed by atoms with Gasteiger partial charge in [0.25, 0.3) is 10.0 Å². The molecule has 2 aromatic carbocycles. The fraction of sp³-hybridized carbons (Fsp3) is 0.488. The van der Waals surface area contributed by atoms with E-state index in [1.165, 1.54) is 36.0 Å². The quantitative estimate of drug-likeness (QED) is 0.0829. The summed E-state index contributed by atoms with van der Waals surface area (Å²) in [5.74, 6) is 1.98. The molecule has 0 saturated carbocycles. The number of anilines is 2. The van der Waals surface area contributed by atoms with Crippen LogP contribution in [-0.2, 0) is 23.0 Å². The highest BCUT2D eigenvalue weighted by atomic mass is 35.5. The number of nitrogens with one attached hydrogen (secondary N) is 2. The van der Waals surface area contributed by atoms with Crippen LogP contribution < -0.4 is 10.0 Å². The van der Waals surface area contributed by atoms with Crippen molar-refractivity contribution >= 4 is 56.7 Å². The summed E-state index contributed by atoms with van der Waals surface area (Å²) in [7, 11) is -4.28. The van der Waals surface area contributed by atoms with Crippen molar-refractivity contribution < 1.29 is 21.6 Å². The van der Waals surface area contributed by atoms with Crippen LogP contribution >= 0.6 is 35.1 Å². The van der Waals surface area contributed by atoms with Crippen molar-refractivity contribution in [3.63, 3.8) is 0 Å². The van der Waals surface area contributed by atoms with Crippen LogP contribution in [0.2, 0.25) is 0 Å². The summed E-state index contributed by atoms with van der Waals surface area (Å²) < 4.78 is 71.5. The number of aromatic nitrogens is 2. The topological polar surface area (TPSA) is 90.5 Å². The van der Waals surface area contributed by atoms with E-state index in [4.69, 9.17) is 11.6 Å². The van der Waals surface area contributed by atoms with E-state index in [0.717, 1.165) is 74.1 Å². The Hall–Kier alpha value is -3.01. The number of hydrogen-bond acceptors (Lipinski definition) is 9. The van der Waals surface area contributed by atoms with Gasteiger partial charge in [0, 0.05) is 64.4 Å². The van der Waals surface area contributed by atoms with E-state index in [2.05, 4.69) is 55.8 Å². The summed E-state index contributed by atoms with van der Waals surface area (Å²) in [5.41, 5.74) is 1.42. The molecule has 3 heterocycles. The zero-order valence-electron chi connectivity index (χ0n) is 33.4. The maximum atomic E-state index is 13.8. The van der Waals surface area contributed by atoms with Crippen LogP contribution in [0.25, 0.3) is 0 Å². The predicted octanol–water partition coefficient (Wildman–Crippen LogP) is 10.6. The van der Waals surface area contributed by atoms with Gasteiger partial charge in [-0.25, -0.2) is 18.4 Å². The lowest BCUT2D eigenvalue weighted by Crippen LogP contribution is -2.47.